The van der Waals surface area contributed by atoms with Gasteiger partial charge in [0.15, 0.2) is 0 Å². The number of carbonyl (C=O) groups is 4. The molecule has 4 aliphatic rings. The summed E-state index contributed by atoms with van der Waals surface area (Å²) in [5.41, 5.74) is 0. The number of nitrogens with one attached hydrogen (secondary N) is 4. The highest BCUT2D eigenvalue weighted by atomic mass is 32.1. The van der Waals surface area contributed by atoms with Gasteiger partial charge in [0.1, 0.15) is 0 Å². The highest BCUT2D eigenvalue weighted by Gasteiger charge is 2.36. The number of nitrogens with zero attached hydrogens (tertiary/aromatic N) is 4. The number of rotatable bonds is 19. The van der Waals surface area contributed by atoms with Crippen molar-refractivity contribution in [2.24, 2.45) is 0 Å². The molecule has 4 aromatic heterocycles. The summed E-state index contributed by atoms with van der Waals surface area (Å²) < 4.78 is 12.2. The zero-order valence-corrected chi connectivity index (χ0v) is 35.5. The Labute approximate surface area is 354 Å². The van der Waals surface area contributed by atoms with Crippen molar-refractivity contribution >= 4 is 79.0 Å². The second-order valence-corrected chi connectivity index (χ2v) is 19.4. The molecule has 4 N–H and O–H groups in total. The second kappa shape index (κ2) is 19.6. The summed E-state index contributed by atoms with van der Waals surface area (Å²) >= 11 is 5.89. The molecular weight excluding hydrogens is 817 g/mol. The molecule has 58 heavy (non-hydrogen) atoms. The Morgan fingerprint density at radius 1 is 0.638 bits per heavy atom. The van der Waals surface area contributed by atoms with Crippen LogP contribution in [0.2, 0.25) is 0 Å². The Morgan fingerprint density at radius 2 is 1.07 bits per heavy atom. The average molecular weight is 867 g/mol. The molecule has 0 unspecified atom stereocenters. The fraction of sp³-hybridized carbons (Fsp3) is 0.550. The molecule has 4 atom stereocenters. The summed E-state index contributed by atoms with van der Waals surface area (Å²) in [4.78, 5) is 65.3. The van der Waals surface area contributed by atoms with Gasteiger partial charge in [0, 0.05) is 87.5 Å². The number of thiophene rings is 2. The molecule has 8 heterocycles. The fourth-order valence-corrected chi connectivity index (χ4v) is 10.9. The quantitative estimate of drug-likeness (QED) is 0.0871. The lowest BCUT2D eigenvalue weighted by Crippen LogP contribution is -2.48. The monoisotopic (exact) mass is 866 g/mol. The SMILES string of the molecule is O=C(Nc1ccc(C(=O)N2CC(c3nccs3)C2)s1)[C@@H]1C[C@@H](OCCCCCCCCO[C@H]2CN[C@H](C(=O)Nc3ccc(C(=O)N4CC(c5nccs5)C4)s3)C2)CN1. The predicted octanol–water partition coefficient (Wildman–Crippen LogP) is 5.61. The van der Waals surface area contributed by atoms with Crippen LogP contribution in [-0.2, 0) is 19.1 Å². The van der Waals surface area contributed by atoms with E-state index in [2.05, 4.69) is 31.2 Å². The lowest BCUT2D eigenvalue weighted by molar-refractivity contribution is -0.118. The number of ether oxygens (including phenoxy) is 2. The van der Waals surface area contributed by atoms with Gasteiger partial charge in [-0.15, -0.1) is 45.3 Å². The molecule has 0 saturated carbocycles. The summed E-state index contributed by atoms with van der Waals surface area (Å²) in [7, 11) is 0. The van der Waals surface area contributed by atoms with Gasteiger partial charge in [-0.3, -0.25) is 19.2 Å². The van der Waals surface area contributed by atoms with Crippen molar-refractivity contribution in [2.45, 2.75) is 87.5 Å². The zero-order chi connectivity index (χ0) is 39.8. The van der Waals surface area contributed by atoms with E-state index in [0.29, 0.717) is 96.9 Å². The van der Waals surface area contributed by atoms with Crippen LogP contribution >= 0.6 is 45.3 Å². The van der Waals surface area contributed by atoms with Crippen LogP contribution in [0.3, 0.4) is 0 Å². The number of amides is 4. The van der Waals surface area contributed by atoms with Crippen molar-refractivity contribution in [3.63, 3.8) is 0 Å². The number of unbranched alkanes of at least 4 members (excludes halogenated alkanes) is 5. The minimum atomic E-state index is -0.317. The number of anilines is 2. The van der Waals surface area contributed by atoms with E-state index in [1.54, 1.807) is 59.3 Å². The Kier molecular flexibility index (Phi) is 13.9. The molecular formula is C40H50N8O6S4. The van der Waals surface area contributed by atoms with Crippen molar-refractivity contribution in [1.82, 2.24) is 30.4 Å². The molecule has 4 aliphatic heterocycles. The second-order valence-electron chi connectivity index (χ2n) is 15.4. The Morgan fingerprint density at radius 3 is 1.48 bits per heavy atom. The van der Waals surface area contributed by atoms with Crippen LogP contribution in [0.25, 0.3) is 0 Å². The first kappa shape index (κ1) is 41.1. The Balaban J connectivity index is 0.618. The lowest BCUT2D eigenvalue weighted by Gasteiger charge is -2.37. The smallest absolute Gasteiger partial charge is 0.264 e. The number of hydrogen-bond donors (Lipinski definition) is 4. The van der Waals surface area contributed by atoms with Crippen LogP contribution in [-0.4, -0.2) is 120 Å². The minimum Gasteiger partial charge on any atom is -0.377 e. The van der Waals surface area contributed by atoms with Crippen LogP contribution in [0.5, 0.6) is 0 Å². The van der Waals surface area contributed by atoms with Gasteiger partial charge in [-0.25, -0.2) is 9.97 Å². The van der Waals surface area contributed by atoms with E-state index in [4.69, 9.17) is 9.47 Å². The molecule has 4 fully saturated rings. The van der Waals surface area contributed by atoms with E-state index < -0.39 is 0 Å². The van der Waals surface area contributed by atoms with Crippen LogP contribution in [0.1, 0.15) is 92.6 Å². The number of hydrogen-bond acceptors (Lipinski definition) is 14. The summed E-state index contributed by atoms with van der Waals surface area (Å²) in [6, 6.07) is 6.55. The van der Waals surface area contributed by atoms with Gasteiger partial charge < -0.3 is 40.5 Å². The van der Waals surface area contributed by atoms with Crippen molar-refractivity contribution in [3.8, 4) is 0 Å². The maximum atomic E-state index is 12.9. The number of thiazole rings is 2. The van der Waals surface area contributed by atoms with E-state index in [1.165, 1.54) is 22.7 Å². The van der Waals surface area contributed by atoms with Crippen LogP contribution in [0.4, 0.5) is 10.0 Å². The number of carbonyl (C=O) groups excluding carboxylic acids is 4. The Hall–Kier alpha value is -3.62. The first-order valence-electron chi connectivity index (χ1n) is 20.2. The van der Waals surface area contributed by atoms with E-state index in [9.17, 15) is 19.2 Å². The fourth-order valence-electron chi connectivity index (χ4n) is 7.71. The highest BCUT2D eigenvalue weighted by molar-refractivity contribution is 7.18. The van der Waals surface area contributed by atoms with Crippen molar-refractivity contribution in [2.75, 3.05) is 63.1 Å². The van der Waals surface area contributed by atoms with Crippen LogP contribution < -0.4 is 21.3 Å². The van der Waals surface area contributed by atoms with Gasteiger partial charge in [0.2, 0.25) is 11.8 Å². The molecule has 14 nitrogen and oxygen atoms in total. The topological polar surface area (TPSA) is 167 Å². The third kappa shape index (κ3) is 10.4. The summed E-state index contributed by atoms with van der Waals surface area (Å²) in [6.07, 6.45) is 11.3. The maximum absolute atomic E-state index is 12.9. The molecule has 310 valence electrons. The molecule has 0 radical (unpaired) electrons. The normalized spacial score (nSPS) is 22.2. The predicted molar refractivity (Wildman–Crippen MR) is 227 cm³/mol. The standard InChI is InChI=1S/C40H50N8O6S4/c49-35(45-33-9-7-31(57-33)39(51)47-21-25(22-47)37-41-11-15-55-37)29-17-27(19-43-29)53-13-5-3-1-2-4-6-14-54-28-18-30(44-20-28)36(50)46-34-10-8-32(58-34)40(52)48-23-26(24-48)38-42-12-16-56-38/h7-12,15-16,25-30,43-44H,1-6,13-14,17-24H2,(H,45,49)(H,46,50)/t27-,28-,29+,30+/m1/s1. The van der Waals surface area contributed by atoms with Crippen LogP contribution in [0, 0.1) is 0 Å². The molecule has 4 aromatic rings. The van der Waals surface area contributed by atoms with Crippen molar-refractivity contribution in [1.29, 1.82) is 0 Å². The van der Waals surface area contributed by atoms with Gasteiger partial charge in [-0.1, -0.05) is 25.7 Å². The number of likely N-dealkylation sites (tertiary alicyclic amines) is 2. The summed E-state index contributed by atoms with van der Waals surface area (Å²) in [5, 5.41) is 20.0. The average Bonchev–Trinajstić information content (AvgIpc) is 4.04. The van der Waals surface area contributed by atoms with Gasteiger partial charge in [-0.05, 0) is 49.9 Å². The molecule has 0 aromatic carbocycles. The highest BCUT2D eigenvalue weighted by Crippen LogP contribution is 2.33. The molecule has 0 bridgehead atoms. The van der Waals surface area contributed by atoms with Crippen molar-refractivity contribution < 1.29 is 28.7 Å². The van der Waals surface area contributed by atoms with Gasteiger partial charge in [0.05, 0.1) is 54.1 Å². The van der Waals surface area contributed by atoms with Gasteiger partial charge in [0.25, 0.3) is 11.8 Å². The van der Waals surface area contributed by atoms with Gasteiger partial charge >= 0.3 is 0 Å². The zero-order valence-electron chi connectivity index (χ0n) is 32.3. The Bertz CT molecular complexity index is 1840. The maximum Gasteiger partial charge on any atom is 0.264 e. The van der Waals surface area contributed by atoms with Crippen molar-refractivity contribution in [3.05, 3.63) is 67.2 Å². The molecule has 4 saturated heterocycles. The first-order chi connectivity index (χ1) is 28.4. The molecule has 18 heteroatoms. The first-order valence-corrected chi connectivity index (χ1v) is 23.6. The van der Waals surface area contributed by atoms with Crippen LogP contribution in [0.15, 0.2) is 47.4 Å². The molecule has 4 amide bonds. The minimum absolute atomic E-state index is 0.000712. The largest absolute Gasteiger partial charge is 0.377 e. The van der Waals surface area contributed by atoms with E-state index in [0.717, 1.165) is 48.5 Å². The molecule has 0 aliphatic carbocycles. The third-order valence-electron chi connectivity index (χ3n) is 11.1. The van der Waals surface area contributed by atoms with E-state index in [-0.39, 0.29) is 47.9 Å². The molecule has 8 rings (SSSR count). The third-order valence-corrected chi connectivity index (χ3v) is 15.0. The molecule has 0 spiro atoms. The summed E-state index contributed by atoms with van der Waals surface area (Å²) in [6.45, 7) is 5.39. The van der Waals surface area contributed by atoms with E-state index in [1.807, 2.05) is 20.6 Å². The van der Waals surface area contributed by atoms with Gasteiger partial charge in [-0.2, -0.15) is 0 Å². The van der Waals surface area contributed by atoms with E-state index >= 15 is 0 Å². The number of aromatic nitrogens is 2. The lowest BCUT2D eigenvalue weighted by atomic mass is 10.0. The summed E-state index contributed by atoms with van der Waals surface area (Å²) in [5.74, 6) is 0.442.